The summed E-state index contributed by atoms with van der Waals surface area (Å²) < 4.78 is 6.71. The first-order valence-electron chi connectivity index (χ1n) is 7.99. The Balaban J connectivity index is 1.77. The van der Waals surface area contributed by atoms with Crippen molar-refractivity contribution in [3.05, 3.63) is 54.5 Å². The number of anilines is 3. The Morgan fingerprint density at radius 3 is 2.81 bits per heavy atom. The van der Waals surface area contributed by atoms with E-state index in [-0.39, 0.29) is 11.6 Å². The summed E-state index contributed by atoms with van der Waals surface area (Å²) in [7, 11) is 1.63. The Morgan fingerprint density at radius 1 is 1.23 bits per heavy atom. The molecule has 9 nitrogen and oxygen atoms in total. The summed E-state index contributed by atoms with van der Waals surface area (Å²) in [5, 5.41) is 10.2. The Bertz CT molecular complexity index is 880. The van der Waals surface area contributed by atoms with Gasteiger partial charge in [0.2, 0.25) is 0 Å². The summed E-state index contributed by atoms with van der Waals surface area (Å²) in [5.74, 6) is 0.0912. The molecule has 2 N–H and O–H groups in total. The van der Waals surface area contributed by atoms with Gasteiger partial charge in [0, 0.05) is 25.1 Å². The lowest BCUT2D eigenvalue weighted by Crippen LogP contribution is -2.17. The largest absolute Gasteiger partial charge is 0.383 e. The van der Waals surface area contributed by atoms with Gasteiger partial charge in [0.1, 0.15) is 6.33 Å². The minimum absolute atomic E-state index is 0.264. The Hall–Kier alpha value is -3.33. The van der Waals surface area contributed by atoms with Gasteiger partial charge in [-0.15, -0.1) is 0 Å². The van der Waals surface area contributed by atoms with Gasteiger partial charge in [0.25, 0.3) is 5.91 Å². The van der Waals surface area contributed by atoms with Crippen LogP contribution in [0.1, 0.15) is 16.2 Å². The van der Waals surface area contributed by atoms with Gasteiger partial charge in [-0.2, -0.15) is 5.10 Å². The molecule has 0 saturated carbocycles. The number of ether oxygens (including phenoxy) is 1. The number of pyridine rings is 1. The highest BCUT2D eigenvalue weighted by Crippen LogP contribution is 2.20. The molecule has 0 spiro atoms. The van der Waals surface area contributed by atoms with Crippen molar-refractivity contribution in [3.8, 4) is 0 Å². The molecule has 0 fully saturated rings. The summed E-state index contributed by atoms with van der Waals surface area (Å²) in [6, 6.07) is 5.34. The molecule has 0 saturated heterocycles. The van der Waals surface area contributed by atoms with Gasteiger partial charge in [-0.1, -0.05) is 0 Å². The van der Waals surface area contributed by atoms with E-state index in [1.807, 2.05) is 13.0 Å². The fraction of sp³-hybridized carbons (Fsp3) is 0.235. The van der Waals surface area contributed by atoms with Gasteiger partial charge < -0.3 is 15.4 Å². The van der Waals surface area contributed by atoms with Crippen molar-refractivity contribution in [1.82, 2.24) is 24.7 Å². The van der Waals surface area contributed by atoms with Crippen LogP contribution >= 0.6 is 0 Å². The number of nitrogens with zero attached hydrogens (tertiary/aromatic N) is 5. The predicted octanol–water partition coefficient (Wildman–Crippen LogP) is 2.02. The number of aromatic nitrogens is 5. The standard InChI is InChI=1S/C17H19N7O2/c1-12-3-4-14(21-13-9-18-11-19-10-13)16(20-12)17(25)22-15-5-6-24(23-15)7-8-26-2/h3-6,9-11,21H,7-8H2,1-2H3,(H,22,23,25). The minimum Gasteiger partial charge on any atom is -0.383 e. The molecule has 3 aromatic rings. The number of aryl methyl sites for hydroxylation is 1. The first kappa shape index (κ1) is 17.5. The maximum atomic E-state index is 12.7. The minimum atomic E-state index is -0.356. The number of nitrogens with one attached hydrogen (secondary N) is 2. The van der Waals surface area contributed by atoms with E-state index in [4.69, 9.17) is 4.74 Å². The van der Waals surface area contributed by atoms with Gasteiger partial charge in [-0.05, 0) is 19.1 Å². The van der Waals surface area contributed by atoms with Crippen molar-refractivity contribution in [1.29, 1.82) is 0 Å². The van der Waals surface area contributed by atoms with Crippen LogP contribution in [0, 0.1) is 6.92 Å². The number of methoxy groups -OCH3 is 1. The number of carbonyl (C=O) groups excluding carboxylic acids is 1. The van der Waals surface area contributed by atoms with Crippen molar-refractivity contribution in [2.24, 2.45) is 0 Å². The van der Waals surface area contributed by atoms with E-state index < -0.39 is 0 Å². The number of hydrogen-bond donors (Lipinski definition) is 2. The Labute approximate surface area is 150 Å². The molecule has 0 aliphatic carbocycles. The maximum Gasteiger partial charge on any atom is 0.277 e. The fourth-order valence-electron chi connectivity index (χ4n) is 2.26. The summed E-state index contributed by atoms with van der Waals surface area (Å²) in [6.07, 6.45) is 6.45. The van der Waals surface area contributed by atoms with Crippen LogP contribution in [-0.4, -0.2) is 44.4 Å². The highest BCUT2D eigenvalue weighted by molar-refractivity contribution is 6.06. The van der Waals surface area contributed by atoms with Crippen molar-refractivity contribution in [2.75, 3.05) is 24.4 Å². The van der Waals surface area contributed by atoms with E-state index >= 15 is 0 Å². The van der Waals surface area contributed by atoms with Crippen LogP contribution in [0.25, 0.3) is 0 Å². The molecule has 9 heteroatoms. The monoisotopic (exact) mass is 353 g/mol. The van der Waals surface area contributed by atoms with Gasteiger partial charge in [0.05, 0.1) is 36.9 Å². The zero-order valence-corrected chi connectivity index (χ0v) is 14.5. The zero-order chi connectivity index (χ0) is 18.4. The van der Waals surface area contributed by atoms with Crippen LogP contribution in [0.2, 0.25) is 0 Å². The van der Waals surface area contributed by atoms with Crippen molar-refractivity contribution in [3.63, 3.8) is 0 Å². The third-order valence-corrected chi connectivity index (χ3v) is 3.50. The van der Waals surface area contributed by atoms with Gasteiger partial charge in [-0.3, -0.25) is 9.48 Å². The van der Waals surface area contributed by atoms with Crippen molar-refractivity contribution < 1.29 is 9.53 Å². The number of hydrogen-bond acceptors (Lipinski definition) is 7. The van der Waals surface area contributed by atoms with Crippen LogP contribution in [0.15, 0.2) is 43.1 Å². The number of carbonyl (C=O) groups is 1. The second-order valence-electron chi connectivity index (χ2n) is 5.51. The predicted molar refractivity (Wildman–Crippen MR) is 96.3 cm³/mol. The third-order valence-electron chi connectivity index (χ3n) is 3.50. The first-order valence-corrected chi connectivity index (χ1v) is 7.99. The molecule has 0 atom stereocenters. The van der Waals surface area contributed by atoms with Crippen molar-refractivity contribution >= 4 is 23.1 Å². The van der Waals surface area contributed by atoms with Crippen LogP contribution in [0.5, 0.6) is 0 Å². The van der Waals surface area contributed by atoms with E-state index in [9.17, 15) is 4.79 Å². The average molecular weight is 353 g/mol. The van der Waals surface area contributed by atoms with Gasteiger partial charge in [-0.25, -0.2) is 15.0 Å². The lowest BCUT2D eigenvalue weighted by Gasteiger charge is -2.11. The molecule has 0 aliphatic rings. The molecule has 0 radical (unpaired) electrons. The van der Waals surface area contributed by atoms with Crippen molar-refractivity contribution in [2.45, 2.75) is 13.5 Å². The first-order chi connectivity index (χ1) is 12.7. The zero-order valence-electron chi connectivity index (χ0n) is 14.5. The van der Waals surface area contributed by atoms with Gasteiger partial charge in [0.15, 0.2) is 11.5 Å². The molecular formula is C17H19N7O2. The number of amides is 1. The molecule has 3 rings (SSSR count). The van der Waals surface area contributed by atoms with Gasteiger partial charge >= 0.3 is 0 Å². The van der Waals surface area contributed by atoms with Crippen LogP contribution < -0.4 is 10.6 Å². The maximum absolute atomic E-state index is 12.7. The smallest absolute Gasteiger partial charge is 0.277 e. The second kappa shape index (κ2) is 8.17. The summed E-state index contributed by atoms with van der Waals surface area (Å²) >= 11 is 0. The molecular weight excluding hydrogens is 334 g/mol. The SMILES string of the molecule is COCCn1ccc(NC(=O)c2nc(C)ccc2Nc2cncnc2)n1. The topological polar surface area (TPSA) is 107 Å². The normalized spacial score (nSPS) is 10.5. The Kier molecular flexibility index (Phi) is 5.49. The molecule has 0 aliphatic heterocycles. The number of rotatable bonds is 7. The van der Waals surface area contributed by atoms with E-state index in [0.29, 0.717) is 30.3 Å². The molecule has 0 bridgehead atoms. The fourth-order valence-corrected chi connectivity index (χ4v) is 2.26. The lowest BCUT2D eigenvalue weighted by atomic mass is 10.2. The molecule has 3 aromatic heterocycles. The molecule has 26 heavy (non-hydrogen) atoms. The van der Waals surface area contributed by atoms with E-state index in [0.717, 1.165) is 5.69 Å². The van der Waals surface area contributed by atoms with E-state index in [1.165, 1.54) is 6.33 Å². The quantitative estimate of drug-likeness (QED) is 0.669. The third kappa shape index (κ3) is 4.39. The van der Waals surface area contributed by atoms with Crippen LogP contribution in [0.4, 0.5) is 17.2 Å². The average Bonchev–Trinajstić information content (AvgIpc) is 3.09. The summed E-state index contributed by atoms with van der Waals surface area (Å²) in [5.41, 5.74) is 2.22. The molecule has 1 amide bonds. The molecule has 0 aromatic carbocycles. The Morgan fingerprint density at radius 2 is 2.04 bits per heavy atom. The highest BCUT2D eigenvalue weighted by atomic mass is 16.5. The molecule has 3 heterocycles. The summed E-state index contributed by atoms with van der Waals surface area (Å²) in [4.78, 5) is 24.9. The summed E-state index contributed by atoms with van der Waals surface area (Å²) in [6.45, 7) is 2.98. The van der Waals surface area contributed by atoms with E-state index in [1.54, 1.807) is 42.5 Å². The van der Waals surface area contributed by atoms with Crippen LogP contribution in [0.3, 0.4) is 0 Å². The molecule has 134 valence electrons. The van der Waals surface area contributed by atoms with E-state index in [2.05, 4.69) is 30.7 Å². The molecule has 0 unspecified atom stereocenters. The highest BCUT2D eigenvalue weighted by Gasteiger charge is 2.15. The lowest BCUT2D eigenvalue weighted by molar-refractivity contribution is 0.102. The second-order valence-corrected chi connectivity index (χ2v) is 5.51. The van der Waals surface area contributed by atoms with Crippen LogP contribution in [-0.2, 0) is 11.3 Å².